The fraction of sp³-hybridized carbons (Fsp3) is 1.00. The second-order valence-electron chi connectivity index (χ2n) is 2.67. The Hall–Kier alpha value is 0.0700. The van der Waals surface area contributed by atoms with Crippen molar-refractivity contribution in [3.05, 3.63) is 0 Å². The molecule has 6 heteroatoms. The number of phosphoric acid groups is 1. The Balaban J connectivity index is 0. The van der Waals surface area contributed by atoms with Gasteiger partial charge in [0, 0.05) is 7.11 Å². The lowest BCUT2D eigenvalue weighted by Gasteiger charge is -2.19. The maximum absolute atomic E-state index is 10.7. The molecule has 0 aromatic rings. The lowest BCUT2D eigenvalue weighted by Crippen LogP contribution is -2.07. The average Bonchev–Trinajstić information content (AvgIpc) is 2.26. The van der Waals surface area contributed by atoms with Gasteiger partial charge in [0.25, 0.3) is 7.82 Å². The molecule has 1 atom stereocenters. The van der Waals surface area contributed by atoms with Crippen LogP contribution in [0, 0.1) is 0 Å². The summed E-state index contributed by atoms with van der Waals surface area (Å²) in [6, 6.07) is 0. The van der Waals surface area contributed by atoms with Gasteiger partial charge < -0.3 is 19.7 Å². The van der Waals surface area contributed by atoms with Crippen LogP contribution in [0.3, 0.4) is 0 Å². The fourth-order valence-electron chi connectivity index (χ4n) is 0.829. The van der Waals surface area contributed by atoms with E-state index in [0.717, 1.165) is 32.8 Å². The van der Waals surface area contributed by atoms with Crippen LogP contribution in [-0.4, -0.2) is 20.3 Å². The molecule has 0 aromatic heterocycles. The smallest absolute Gasteiger partial charge is 0.267 e. The molecule has 0 radical (unpaired) electrons. The summed E-state index contributed by atoms with van der Waals surface area (Å²) < 4.78 is 19.3. The Morgan fingerprint density at radius 3 is 2.20 bits per heavy atom. The largest absolute Gasteiger partial charge is 0.756 e. The van der Waals surface area contributed by atoms with Crippen LogP contribution < -0.4 is 10.6 Å². The van der Waals surface area contributed by atoms with Gasteiger partial charge >= 0.3 is 0 Å². The summed E-state index contributed by atoms with van der Waals surface area (Å²) in [4.78, 5) is 10.7. The number of hydrogen-bond acceptors (Lipinski definition) is 5. The molecule has 0 fully saturated rings. The summed E-state index contributed by atoms with van der Waals surface area (Å²) >= 11 is 0. The van der Waals surface area contributed by atoms with Crippen molar-refractivity contribution < 1.29 is 18.5 Å². The van der Waals surface area contributed by atoms with E-state index in [4.69, 9.17) is 5.73 Å². The number of phosphoric ester groups is 1. The molecule has 1 unspecified atom stereocenters. The minimum atomic E-state index is -4.00. The zero-order valence-electron chi connectivity index (χ0n) is 9.90. The van der Waals surface area contributed by atoms with E-state index in [9.17, 15) is 9.46 Å². The highest BCUT2D eigenvalue weighted by Gasteiger charge is 2.04. The molecular weight excluding hydrogens is 217 g/mol. The molecule has 0 spiro atoms. The minimum Gasteiger partial charge on any atom is -0.756 e. The van der Waals surface area contributed by atoms with Crippen LogP contribution in [0.15, 0.2) is 0 Å². The van der Waals surface area contributed by atoms with E-state index in [1.54, 1.807) is 0 Å². The van der Waals surface area contributed by atoms with Crippen molar-refractivity contribution in [2.24, 2.45) is 5.73 Å². The summed E-state index contributed by atoms with van der Waals surface area (Å²) in [5, 5.41) is 0. The summed E-state index contributed by atoms with van der Waals surface area (Å²) in [6.07, 6.45) is 3.63. The molecule has 94 valence electrons. The van der Waals surface area contributed by atoms with Gasteiger partial charge in [-0.15, -0.1) is 0 Å². The van der Waals surface area contributed by atoms with Crippen LogP contribution in [0.5, 0.6) is 0 Å². The fourth-order valence-corrected chi connectivity index (χ4v) is 1.29. The predicted octanol–water partition coefficient (Wildman–Crippen LogP) is 1.66. The molecule has 5 nitrogen and oxygen atoms in total. The molecule has 0 saturated carbocycles. The Morgan fingerprint density at radius 1 is 1.20 bits per heavy atom. The first-order chi connectivity index (χ1) is 7.12. The standard InChI is InChI=1S/C7H18NO4P.C2H6/c1-11-13(9,10)12-7-5-3-2-4-6-8;1-2/h2-8H2,1H3,(H,9,10);1-2H3/p-1. The third-order valence-corrected chi connectivity index (χ3v) is 2.52. The summed E-state index contributed by atoms with van der Waals surface area (Å²) in [5.41, 5.74) is 5.29. The van der Waals surface area contributed by atoms with Gasteiger partial charge in [0.1, 0.15) is 0 Å². The van der Waals surface area contributed by atoms with Crippen LogP contribution in [0.4, 0.5) is 0 Å². The van der Waals surface area contributed by atoms with Crippen LogP contribution in [0.1, 0.15) is 39.5 Å². The Labute approximate surface area is 92.6 Å². The van der Waals surface area contributed by atoms with Gasteiger partial charge in [0.15, 0.2) is 0 Å². The van der Waals surface area contributed by atoms with E-state index < -0.39 is 7.82 Å². The predicted molar refractivity (Wildman–Crippen MR) is 59.4 cm³/mol. The molecule has 15 heavy (non-hydrogen) atoms. The zero-order chi connectivity index (χ0) is 12.2. The first-order valence-electron chi connectivity index (χ1n) is 5.34. The van der Waals surface area contributed by atoms with Gasteiger partial charge in [-0.1, -0.05) is 26.7 Å². The van der Waals surface area contributed by atoms with Crippen LogP contribution in [0.25, 0.3) is 0 Å². The van der Waals surface area contributed by atoms with Crippen LogP contribution >= 0.6 is 7.82 Å². The first-order valence-corrected chi connectivity index (χ1v) is 6.80. The Bertz CT molecular complexity index is 166. The second-order valence-corrected chi connectivity index (χ2v) is 4.18. The number of unbranched alkanes of at least 4 members (excludes halogenated alkanes) is 3. The summed E-state index contributed by atoms with van der Waals surface area (Å²) in [5.74, 6) is 0. The zero-order valence-corrected chi connectivity index (χ0v) is 10.8. The van der Waals surface area contributed by atoms with E-state index in [2.05, 4.69) is 9.05 Å². The van der Waals surface area contributed by atoms with Gasteiger partial charge in [0.05, 0.1) is 6.61 Å². The van der Waals surface area contributed by atoms with Crippen molar-refractivity contribution in [3.63, 3.8) is 0 Å². The molecule has 0 saturated heterocycles. The summed E-state index contributed by atoms with van der Waals surface area (Å²) in [7, 11) is -2.92. The van der Waals surface area contributed by atoms with Crippen LogP contribution in [-0.2, 0) is 13.6 Å². The van der Waals surface area contributed by atoms with E-state index >= 15 is 0 Å². The Kier molecular flexibility index (Phi) is 14.1. The average molecular weight is 240 g/mol. The maximum Gasteiger partial charge on any atom is 0.267 e. The lowest BCUT2D eigenvalue weighted by atomic mass is 10.2. The van der Waals surface area contributed by atoms with Crippen molar-refractivity contribution in [2.45, 2.75) is 39.5 Å². The molecule has 0 heterocycles. The second kappa shape index (κ2) is 12.1. The SMILES string of the molecule is CC.COP(=O)([O-])OCCCCCCN. The highest BCUT2D eigenvalue weighted by atomic mass is 31.2. The minimum absolute atomic E-state index is 0.194. The molecule has 0 aromatic carbocycles. The lowest BCUT2D eigenvalue weighted by molar-refractivity contribution is -0.223. The molecule has 0 bridgehead atoms. The van der Waals surface area contributed by atoms with Gasteiger partial charge in [0.2, 0.25) is 0 Å². The number of nitrogens with two attached hydrogens (primary N) is 1. The maximum atomic E-state index is 10.7. The molecular formula is C9H23NO4P-. The molecule has 0 aliphatic heterocycles. The first kappa shape index (κ1) is 17.5. The van der Waals surface area contributed by atoms with Gasteiger partial charge in [-0.2, -0.15) is 0 Å². The van der Waals surface area contributed by atoms with Crippen molar-refractivity contribution in [3.8, 4) is 0 Å². The van der Waals surface area contributed by atoms with Gasteiger partial charge in [-0.25, -0.2) is 0 Å². The summed E-state index contributed by atoms with van der Waals surface area (Å²) in [6.45, 7) is 4.87. The number of rotatable bonds is 8. The molecule has 0 rings (SSSR count). The van der Waals surface area contributed by atoms with Crippen molar-refractivity contribution >= 4 is 7.82 Å². The third kappa shape index (κ3) is 14.1. The van der Waals surface area contributed by atoms with Crippen LogP contribution in [0.2, 0.25) is 0 Å². The topological polar surface area (TPSA) is 84.6 Å². The Morgan fingerprint density at radius 2 is 1.73 bits per heavy atom. The van der Waals surface area contributed by atoms with E-state index in [0.29, 0.717) is 6.54 Å². The third-order valence-electron chi connectivity index (χ3n) is 1.57. The van der Waals surface area contributed by atoms with Crippen molar-refractivity contribution in [1.82, 2.24) is 0 Å². The van der Waals surface area contributed by atoms with Crippen molar-refractivity contribution in [1.29, 1.82) is 0 Å². The molecule has 0 amide bonds. The number of hydrogen-bond donors (Lipinski definition) is 1. The normalized spacial score (nSPS) is 13.9. The van der Waals surface area contributed by atoms with E-state index in [-0.39, 0.29) is 6.61 Å². The van der Waals surface area contributed by atoms with Gasteiger partial charge in [-0.05, 0) is 19.4 Å². The highest BCUT2D eigenvalue weighted by Crippen LogP contribution is 2.36. The highest BCUT2D eigenvalue weighted by molar-refractivity contribution is 7.45. The molecule has 0 aliphatic rings. The van der Waals surface area contributed by atoms with E-state index in [1.807, 2.05) is 13.8 Å². The molecule has 2 N–H and O–H groups in total. The monoisotopic (exact) mass is 240 g/mol. The quantitative estimate of drug-likeness (QED) is 0.515. The van der Waals surface area contributed by atoms with Crippen molar-refractivity contribution in [2.75, 3.05) is 20.3 Å². The van der Waals surface area contributed by atoms with Gasteiger partial charge in [-0.3, -0.25) is 4.57 Å². The van der Waals surface area contributed by atoms with E-state index in [1.165, 1.54) is 0 Å². The molecule has 0 aliphatic carbocycles.